The summed E-state index contributed by atoms with van der Waals surface area (Å²) in [5, 5.41) is 8.89. The predicted octanol–water partition coefficient (Wildman–Crippen LogP) is 1.61. The highest BCUT2D eigenvalue weighted by molar-refractivity contribution is 5.47. The van der Waals surface area contributed by atoms with E-state index in [0.29, 0.717) is 23.7 Å². The molecule has 0 aromatic heterocycles. The minimum atomic E-state index is -0.226. The molecule has 3 N–H and O–H groups in total. The average molecular weight is 238 g/mol. The maximum atomic E-state index is 13.6. The van der Waals surface area contributed by atoms with Crippen LogP contribution in [0.5, 0.6) is 0 Å². The maximum Gasteiger partial charge on any atom is 0.129 e. The molecule has 1 aromatic carbocycles. The molecule has 1 fully saturated rings. The highest BCUT2D eigenvalue weighted by Gasteiger charge is 2.23. The van der Waals surface area contributed by atoms with E-state index < -0.39 is 0 Å². The molecule has 0 amide bonds. The number of hydrogen-bond donors (Lipinski definition) is 2. The van der Waals surface area contributed by atoms with Gasteiger partial charge in [-0.3, -0.25) is 4.90 Å². The summed E-state index contributed by atoms with van der Waals surface area (Å²) in [5.41, 5.74) is 6.90. The molecule has 3 nitrogen and oxygen atoms in total. The summed E-state index contributed by atoms with van der Waals surface area (Å²) in [7, 11) is 0. The lowest BCUT2D eigenvalue weighted by molar-refractivity contribution is 0.249. The van der Waals surface area contributed by atoms with Gasteiger partial charge in [0.05, 0.1) is 0 Å². The van der Waals surface area contributed by atoms with E-state index in [1.165, 1.54) is 6.07 Å². The molecular formula is C13H19FN2O. The first-order valence-electron chi connectivity index (χ1n) is 6.06. The van der Waals surface area contributed by atoms with Crippen molar-refractivity contribution in [1.82, 2.24) is 4.90 Å². The van der Waals surface area contributed by atoms with Crippen molar-refractivity contribution in [3.63, 3.8) is 0 Å². The third-order valence-corrected chi connectivity index (χ3v) is 3.44. The average Bonchev–Trinajstić information content (AvgIpc) is 2.72. The van der Waals surface area contributed by atoms with Gasteiger partial charge in [-0.25, -0.2) is 4.39 Å². The molecule has 0 radical (unpaired) electrons. The molecule has 1 aromatic rings. The van der Waals surface area contributed by atoms with Crippen LogP contribution in [0, 0.1) is 11.7 Å². The van der Waals surface area contributed by atoms with E-state index in [1.807, 2.05) is 0 Å². The van der Waals surface area contributed by atoms with Crippen LogP contribution < -0.4 is 5.73 Å². The second kappa shape index (κ2) is 5.47. The van der Waals surface area contributed by atoms with Gasteiger partial charge in [0.2, 0.25) is 0 Å². The number of hydrogen-bond acceptors (Lipinski definition) is 3. The Morgan fingerprint density at radius 2 is 2.29 bits per heavy atom. The Bertz CT molecular complexity index is 363. The molecule has 0 spiro atoms. The molecule has 17 heavy (non-hydrogen) atoms. The Balaban J connectivity index is 1.98. The zero-order chi connectivity index (χ0) is 12.3. The van der Waals surface area contributed by atoms with Gasteiger partial charge < -0.3 is 10.8 Å². The van der Waals surface area contributed by atoms with Gasteiger partial charge in [-0.2, -0.15) is 0 Å². The van der Waals surface area contributed by atoms with E-state index in [2.05, 4.69) is 4.90 Å². The van der Waals surface area contributed by atoms with Gasteiger partial charge in [0.15, 0.2) is 0 Å². The normalized spacial score (nSPS) is 20.9. The van der Waals surface area contributed by atoms with Gasteiger partial charge in [0.1, 0.15) is 5.82 Å². The number of nitrogens with zero attached hydrogens (tertiary/aromatic N) is 1. The van der Waals surface area contributed by atoms with Crippen LogP contribution in [0.2, 0.25) is 0 Å². The number of rotatable bonds is 4. The predicted molar refractivity (Wildman–Crippen MR) is 65.9 cm³/mol. The zero-order valence-electron chi connectivity index (χ0n) is 9.90. The molecule has 0 saturated carbocycles. The van der Waals surface area contributed by atoms with Crippen molar-refractivity contribution in [3.05, 3.63) is 29.6 Å². The van der Waals surface area contributed by atoms with Gasteiger partial charge in [-0.15, -0.1) is 0 Å². The quantitative estimate of drug-likeness (QED) is 0.784. The summed E-state index contributed by atoms with van der Waals surface area (Å²) in [6.45, 7) is 2.69. The summed E-state index contributed by atoms with van der Waals surface area (Å²) in [5.74, 6) is 0.309. The molecule has 0 aliphatic carbocycles. The summed E-state index contributed by atoms with van der Waals surface area (Å²) in [6, 6.07) is 4.82. The number of anilines is 1. The van der Waals surface area contributed by atoms with Crippen LogP contribution in [-0.4, -0.2) is 29.7 Å². The first-order valence-corrected chi connectivity index (χ1v) is 6.06. The Kier molecular flexibility index (Phi) is 3.97. The molecule has 0 bridgehead atoms. The van der Waals surface area contributed by atoms with Crippen LogP contribution in [0.4, 0.5) is 10.1 Å². The molecule has 1 saturated heterocycles. The van der Waals surface area contributed by atoms with E-state index in [0.717, 1.165) is 25.9 Å². The van der Waals surface area contributed by atoms with E-state index in [9.17, 15) is 4.39 Å². The van der Waals surface area contributed by atoms with E-state index in [4.69, 9.17) is 10.8 Å². The second-order valence-electron chi connectivity index (χ2n) is 4.71. The SMILES string of the molecule is Nc1cccc(F)c1CN1CCC(CCO)C1. The third-order valence-electron chi connectivity index (χ3n) is 3.44. The van der Waals surface area contributed by atoms with E-state index in [1.54, 1.807) is 12.1 Å². The van der Waals surface area contributed by atoms with Crippen LogP contribution in [0.15, 0.2) is 18.2 Å². The molecule has 2 rings (SSSR count). The molecule has 94 valence electrons. The number of benzene rings is 1. The monoisotopic (exact) mass is 238 g/mol. The second-order valence-corrected chi connectivity index (χ2v) is 4.71. The Morgan fingerprint density at radius 1 is 1.47 bits per heavy atom. The van der Waals surface area contributed by atoms with Crippen molar-refractivity contribution in [3.8, 4) is 0 Å². The van der Waals surface area contributed by atoms with Gasteiger partial charge >= 0.3 is 0 Å². The molecule has 1 heterocycles. The number of likely N-dealkylation sites (tertiary alicyclic amines) is 1. The van der Waals surface area contributed by atoms with Crippen LogP contribution in [0.1, 0.15) is 18.4 Å². The number of aliphatic hydroxyl groups is 1. The standard InChI is InChI=1S/C13H19FN2O/c14-12-2-1-3-13(15)11(12)9-16-6-4-10(8-16)5-7-17/h1-3,10,17H,4-9,15H2. The highest BCUT2D eigenvalue weighted by atomic mass is 19.1. The van der Waals surface area contributed by atoms with Crippen molar-refractivity contribution in [2.45, 2.75) is 19.4 Å². The molecule has 1 aliphatic heterocycles. The highest BCUT2D eigenvalue weighted by Crippen LogP contribution is 2.24. The van der Waals surface area contributed by atoms with Gasteiger partial charge in [-0.1, -0.05) is 6.07 Å². The largest absolute Gasteiger partial charge is 0.398 e. The number of aliphatic hydroxyl groups excluding tert-OH is 1. The Hall–Kier alpha value is -1.13. The zero-order valence-corrected chi connectivity index (χ0v) is 9.90. The molecule has 1 unspecified atom stereocenters. The maximum absolute atomic E-state index is 13.6. The van der Waals surface area contributed by atoms with Crippen molar-refractivity contribution >= 4 is 5.69 Å². The summed E-state index contributed by atoms with van der Waals surface area (Å²) < 4.78 is 13.6. The van der Waals surface area contributed by atoms with Gasteiger partial charge in [0, 0.05) is 30.9 Å². The van der Waals surface area contributed by atoms with Crippen molar-refractivity contribution in [1.29, 1.82) is 0 Å². The first kappa shape index (κ1) is 12.3. The van der Waals surface area contributed by atoms with Crippen LogP contribution >= 0.6 is 0 Å². The Labute approximate surface area is 101 Å². The minimum Gasteiger partial charge on any atom is -0.398 e. The summed E-state index contributed by atoms with van der Waals surface area (Å²) in [6.07, 6.45) is 1.91. The lowest BCUT2D eigenvalue weighted by Crippen LogP contribution is -2.21. The first-order chi connectivity index (χ1) is 8.20. The summed E-state index contributed by atoms with van der Waals surface area (Å²) in [4.78, 5) is 2.20. The fraction of sp³-hybridized carbons (Fsp3) is 0.538. The lowest BCUT2D eigenvalue weighted by Gasteiger charge is -2.17. The van der Waals surface area contributed by atoms with E-state index >= 15 is 0 Å². The van der Waals surface area contributed by atoms with Crippen molar-refractivity contribution in [2.24, 2.45) is 5.92 Å². The van der Waals surface area contributed by atoms with Crippen LogP contribution in [0.25, 0.3) is 0 Å². The third kappa shape index (κ3) is 2.96. The molecular weight excluding hydrogens is 219 g/mol. The number of halogens is 1. The van der Waals surface area contributed by atoms with E-state index in [-0.39, 0.29) is 12.4 Å². The van der Waals surface area contributed by atoms with Crippen molar-refractivity contribution < 1.29 is 9.50 Å². The minimum absolute atomic E-state index is 0.226. The molecule has 1 atom stereocenters. The molecule has 4 heteroatoms. The van der Waals surface area contributed by atoms with Gasteiger partial charge in [-0.05, 0) is 37.4 Å². The fourth-order valence-corrected chi connectivity index (χ4v) is 2.44. The van der Waals surface area contributed by atoms with Crippen LogP contribution in [-0.2, 0) is 6.54 Å². The lowest BCUT2D eigenvalue weighted by atomic mass is 10.1. The Morgan fingerprint density at radius 3 is 3.00 bits per heavy atom. The summed E-state index contributed by atoms with van der Waals surface area (Å²) >= 11 is 0. The van der Waals surface area contributed by atoms with Crippen LogP contribution in [0.3, 0.4) is 0 Å². The number of nitrogens with two attached hydrogens (primary N) is 1. The van der Waals surface area contributed by atoms with Crippen molar-refractivity contribution in [2.75, 3.05) is 25.4 Å². The topological polar surface area (TPSA) is 49.5 Å². The smallest absolute Gasteiger partial charge is 0.129 e. The fourth-order valence-electron chi connectivity index (χ4n) is 2.44. The number of nitrogen functional groups attached to an aromatic ring is 1. The van der Waals surface area contributed by atoms with Gasteiger partial charge in [0.25, 0.3) is 0 Å². The molecule has 1 aliphatic rings.